The fraction of sp³-hybridized carbons (Fsp3) is 0.382. The highest BCUT2D eigenvalue weighted by atomic mass is 28.3. The van der Waals surface area contributed by atoms with Crippen molar-refractivity contribution in [3.8, 4) is 5.75 Å². The molecule has 0 fully saturated rings. The molecule has 194 valence electrons. The van der Waals surface area contributed by atoms with E-state index in [1.54, 1.807) is 7.11 Å². The van der Waals surface area contributed by atoms with Crippen LogP contribution in [0.2, 0.25) is 11.1 Å². The third kappa shape index (κ3) is 5.67. The van der Waals surface area contributed by atoms with Gasteiger partial charge in [0.2, 0.25) is 0 Å². The third-order valence-electron chi connectivity index (χ3n) is 8.29. The van der Waals surface area contributed by atoms with Crippen LogP contribution in [0.1, 0.15) is 65.4 Å². The van der Waals surface area contributed by atoms with Gasteiger partial charge in [0.05, 0.1) is 7.11 Å². The van der Waals surface area contributed by atoms with Crippen molar-refractivity contribution in [1.82, 2.24) is 0 Å². The summed E-state index contributed by atoms with van der Waals surface area (Å²) >= 11 is 0. The van der Waals surface area contributed by atoms with Gasteiger partial charge in [0, 0.05) is 6.42 Å². The molecule has 3 aromatic rings. The van der Waals surface area contributed by atoms with Crippen molar-refractivity contribution in [2.75, 3.05) is 7.11 Å². The lowest BCUT2D eigenvalue weighted by Gasteiger charge is -2.46. The van der Waals surface area contributed by atoms with Gasteiger partial charge in [-0.2, -0.15) is 0 Å². The molecule has 0 saturated heterocycles. The number of rotatable bonds is 10. The molecule has 3 heteroatoms. The van der Waals surface area contributed by atoms with E-state index >= 15 is 0 Å². The first-order chi connectivity index (χ1) is 17.8. The zero-order valence-electron chi connectivity index (χ0n) is 23.2. The monoisotopic (exact) mass is 510 g/mol. The number of ether oxygens (including phenoxy) is 1. The molecule has 1 atom stereocenters. The summed E-state index contributed by atoms with van der Waals surface area (Å²) in [6.07, 6.45) is 4.50. The summed E-state index contributed by atoms with van der Waals surface area (Å²) in [6, 6.07) is 31.9. The van der Waals surface area contributed by atoms with E-state index in [0.717, 1.165) is 43.0 Å². The number of ketones is 1. The van der Waals surface area contributed by atoms with Crippen molar-refractivity contribution in [2.24, 2.45) is 5.92 Å². The summed E-state index contributed by atoms with van der Waals surface area (Å²) in [5, 5.41) is 3.10. The average molecular weight is 511 g/mol. The van der Waals surface area contributed by atoms with E-state index in [9.17, 15) is 4.79 Å². The molecular formula is C34H42O2Si. The highest BCUT2D eigenvalue weighted by molar-refractivity contribution is 7.04. The summed E-state index contributed by atoms with van der Waals surface area (Å²) in [5.41, 5.74) is 3.50. The van der Waals surface area contributed by atoms with Crippen molar-refractivity contribution in [3.05, 3.63) is 96.1 Å². The molecule has 0 saturated carbocycles. The lowest BCUT2D eigenvalue weighted by atomic mass is 9.97. The van der Waals surface area contributed by atoms with Gasteiger partial charge in [-0.15, -0.1) is 0 Å². The third-order valence-corrected chi connectivity index (χ3v) is 14.7. The number of methoxy groups -OCH3 is 1. The molecule has 0 aliphatic heterocycles. The molecule has 0 spiro atoms. The molecule has 1 unspecified atom stereocenters. The van der Waals surface area contributed by atoms with E-state index in [1.807, 2.05) is 12.1 Å². The number of allylic oxidation sites excluding steroid dienone is 2. The first kappa shape index (κ1) is 27.1. The largest absolute Gasteiger partial charge is 0.497 e. The zero-order valence-corrected chi connectivity index (χ0v) is 24.2. The Bertz CT molecular complexity index is 1160. The maximum atomic E-state index is 13.5. The molecule has 2 nitrogen and oxygen atoms in total. The van der Waals surface area contributed by atoms with Crippen molar-refractivity contribution in [2.45, 2.75) is 70.9 Å². The van der Waals surface area contributed by atoms with Crippen LogP contribution in [0.25, 0.3) is 5.57 Å². The average Bonchev–Trinajstić information content (AvgIpc) is 3.34. The van der Waals surface area contributed by atoms with E-state index in [2.05, 4.69) is 100 Å². The Morgan fingerprint density at radius 2 is 1.43 bits per heavy atom. The number of Topliss-reactive ketones (excluding diaryl/α,β-unsaturated/α-hetero) is 1. The Kier molecular flexibility index (Phi) is 8.54. The maximum Gasteiger partial charge on any atom is 0.159 e. The van der Waals surface area contributed by atoms with Crippen LogP contribution >= 0.6 is 0 Å². The lowest BCUT2D eigenvalue weighted by molar-refractivity contribution is -0.115. The van der Waals surface area contributed by atoms with E-state index < -0.39 is 8.07 Å². The molecular weight excluding hydrogens is 468 g/mol. The van der Waals surface area contributed by atoms with Crippen molar-refractivity contribution >= 4 is 29.8 Å². The van der Waals surface area contributed by atoms with Gasteiger partial charge in [-0.25, -0.2) is 0 Å². The van der Waals surface area contributed by atoms with Gasteiger partial charge >= 0.3 is 0 Å². The minimum atomic E-state index is -2.21. The van der Waals surface area contributed by atoms with Gasteiger partial charge < -0.3 is 4.74 Å². The Balaban J connectivity index is 1.76. The van der Waals surface area contributed by atoms with Gasteiger partial charge in [-0.3, -0.25) is 4.79 Å². The van der Waals surface area contributed by atoms with Crippen LogP contribution in [0.3, 0.4) is 0 Å². The number of benzene rings is 3. The van der Waals surface area contributed by atoms with E-state index in [0.29, 0.717) is 18.1 Å². The van der Waals surface area contributed by atoms with Crippen LogP contribution in [0, 0.1) is 5.92 Å². The highest BCUT2D eigenvalue weighted by Crippen LogP contribution is 2.47. The van der Waals surface area contributed by atoms with Gasteiger partial charge in [-0.1, -0.05) is 117 Å². The van der Waals surface area contributed by atoms with E-state index in [-0.39, 0.29) is 5.04 Å². The second kappa shape index (κ2) is 11.6. The van der Waals surface area contributed by atoms with Crippen LogP contribution < -0.4 is 15.1 Å². The molecule has 3 aromatic carbocycles. The molecule has 0 amide bonds. The molecule has 1 aliphatic carbocycles. The van der Waals surface area contributed by atoms with Crippen molar-refractivity contribution in [3.63, 3.8) is 0 Å². The first-order valence-corrected chi connectivity index (χ1v) is 16.0. The van der Waals surface area contributed by atoms with Gasteiger partial charge in [-0.05, 0) is 65.1 Å². The fourth-order valence-corrected chi connectivity index (χ4v) is 12.2. The summed E-state index contributed by atoms with van der Waals surface area (Å²) in [6.45, 7) is 9.45. The Labute approximate surface area is 224 Å². The standard InChI is InChI=1S/C34H42O2Si/c1-6-7-18-33(35)32-24-26(23-31(32)27-19-21-28(36-5)22-20-27)25-37(34(2,3)4,29-14-10-8-11-15-29)30-16-12-9-13-17-30/h8-17,19-22,26H,6-7,18,23-25H2,1-5H3. The van der Waals surface area contributed by atoms with Gasteiger partial charge in [0.25, 0.3) is 0 Å². The summed E-state index contributed by atoms with van der Waals surface area (Å²) in [5.74, 6) is 1.65. The predicted octanol–water partition coefficient (Wildman–Crippen LogP) is 7.68. The van der Waals surface area contributed by atoms with E-state index in [1.165, 1.54) is 21.5 Å². The van der Waals surface area contributed by atoms with Gasteiger partial charge in [0.15, 0.2) is 5.78 Å². The Morgan fingerprint density at radius 3 is 1.92 bits per heavy atom. The Morgan fingerprint density at radius 1 is 0.865 bits per heavy atom. The molecule has 4 rings (SSSR count). The fourth-order valence-electron chi connectivity index (χ4n) is 6.35. The summed E-state index contributed by atoms with van der Waals surface area (Å²) in [7, 11) is -0.509. The molecule has 0 aromatic heterocycles. The van der Waals surface area contributed by atoms with Crippen LogP contribution in [0.15, 0.2) is 90.5 Å². The molecule has 1 aliphatic rings. The topological polar surface area (TPSA) is 26.3 Å². The molecule has 0 bridgehead atoms. The summed E-state index contributed by atoms with van der Waals surface area (Å²) < 4.78 is 5.40. The molecule has 0 heterocycles. The zero-order chi connectivity index (χ0) is 26.5. The minimum Gasteiger partial charge on any atom is -0.497 e. The number of carbonyl (C=O) groups is 1. The minimum absolute atomic E-state index is 0.116. The first-order valence-electron chi connectivity index (χ1n) is 13.8. The number of unbranched alkanes of at least 4 members (excludes halogenated alkanes) is 1. The smallest absolute Gasteiger partial charge is 0.159 e. The Hall–Kier alpha value is -2.91. The van der Waals surface area contributed by atoms with Crippen LogP contribution in [0.4, 0.5) is 0 Å². The molecule has 0 radical (unpaired) electrons. The maximum absolute atomic E-state index is 13.5. The van der Waals surface area contributed by atoms with Crippen molar-refractivity contribution < 1.29 is 9.53 Å². The number of hydrogen-bond donors (Lipinski definition) is 0. The van der Waals surface area contributed by atoms with E-state index in [4.69, 9.17) is 4.74 Å². The summed E-state index contributed by atoms with van der Waals surface area (Å²) in [4.78, 5) is 13.5. The number of hydrogen-bond acceptors (Lipinski definition) is 2. The van der Waals surface area contributed by atoms with Crippen molar-refractivity contribution in [1.29, 1.82) is 0 Å². The SMILES string of the molecule is CCCCC(=O)C1=C(c2ccc(OC)cc2)CC(C[Si](c2ccccc2)(c2ccccc2)C(C)(C)C)C1. The molecule has 37 heavy (non-hydrogen) atoms. The highest BCUT2D eigenvalue weighted by Gasteiger charge is 2.49. The van der Waals surface area contributed by atoms with Gasteiger partial charge in [0.1, 0.15) is 13.8 Å². The normalized spacial score (nSPS) is 16.2. The van der Waals surface area contributed by atoms with Crippen LogP contribution in [0.5, 0.6) is 5.75 Å². The second-order valence-electron chi connectivity index (χ2n) is 11.6. The second-order valence-corrected chi connectivity index (χ2v) is 16.5. The predicted molar refractivity (Wildman–Crippen MR) is 160 cm³/mol. The van der Waals surface area contributed by atoms with Crippen LogP contribution in [-0.4, -0.2) is 21.0 Å². The lowest BCUT2D eigenvalue weighted by Crippen LogP contribution is -2.64. The van der Waals surface area contributed by atoms with Crippen LogP contribution in [-0.2, 0) is 4.79 Å². The molecule has 0 N–H and O–H groups in total. The number of carbonyl (C=O) groups excluding carboxylic acids is 1. The quantitative estimate of drug-likeness (QED) is 0.261.